The molecule has 1 aliphatic heterocycles. The molecule has 78 valence electrons. The van der Waals surface area contributed by atoms with Gasteiger partial charge in [0.05, 0.1) is 0 Å². The molecule has 1 heterocycles. The van der Waals surface area contributed by atoms with E-state index in [-0.39, 0.29) is 0 Å². The van der Waals surface area contributed by atoms with Crippen LogP contribution in [0.2, 0.25) is 0 Å². The average Bonchev–Trinajstić information content (AvgIpc) is 2.58. The predicted octanol–water partition coefficient (Wildman–Crippen LogP) is 1.24. The Balaban J connectivity index is 0.000000252. The third kappa shape index (κ3) is 6.58. The third-order valence-electron chi connectivity index (χ3n) is 2.16. The van der Waals surface area contributed by atoms with Gasteiger partial charge in [-0.2, -0.15) is 0 Å². The first-order valence-corrected chi connectivity index (χ1v) is 5.13. The fourth-order valence-corrected chi connectivity index (χ4v) is 1.34. The molecule has 0 bridgehead atoms. The standard InChI is InChI=1S/C7H15N.C3H7NO/c1-7(2)8-5-3-4-6-8;1-2-4-3-5/h7H,3-6H2,1-2H3;3H,2H2,1H3,(H,4,5). The zero-order valence-corrected chi connectivity index (χ0v) is 9.05. The van der Waals surface area contributed by atoms with Crippen molar-refractivity contribution >= 4 is 6.41 Å². The summed E-state index contributed by atoms with van der Waals surface area (Å²) in [5.74, 6) is 0. The minimum atomic E-state index is 0.681. The van der Waals surface area contributed by atoms with Crippen LogP contribution >= 0.6 is 0 Å². The molecule has 1 N–H and O–H groups in total. The normalized spacial score (nSPS) is 16.6. The average molecular weight is 186 g/mol. The summed E-state index contributed by atoms with van der Waals surface area (Å²) >= 11 is 0. The van der Waals surface area contributed by atoms with Gasteiger partial charge >= 0.3 is 0 Å². The van der Waals surface area contributed by atoms with Gasteiger partial charge in [0.15, 0.2) is 0 Å². The van der Waals surface area contributed by atoms with E-state index in [2.05, 4.69) is 24.1 Å². The molecule has 3 heteroatoms. The van der Waals surface area contributed by atoms with Crippen LogP contribution in [0, 0.1) is 0 Å². The Kier molecular flexibility index (Phi) is 7.69. The van der Waals surface area contributed by atoms with Gasteiger partial charge in [-0.05, 0) is 46.7 Å². The SMILES string of the molecule is CC(C)N1CCCC1.CCNC=O. The van der Waals surface area contributed by atoms with Crippen LogP contribution in [0.4, 0.5) is 0 Å². The number of nitrogens with one attached hydrogen (secondary N) is 1. The summed E-state index contributed by atoms with van der Waals surface area (Å²) in [5.41, 5.74) is 0. The molecule has 0 aromatic rings. The topological polar surface area (TPSA) is 32.3 Å². The number of amides is 1. The summed E-state index contributed by atoms with van der Waals surface area (Å²) in [7, 11) is 0. The van der Waals surface area contributed by atoms with Crippen LogP contribution in [0.5, 0.6) is 0 Å². The Morgan fingerprint density at radius 1 is 1.38 bits per heavy atom. The Bertz CT molecular complexity index is 120. The Labute approximate surface area is 81.5 Å². The maximum atomic E-state index is 9.29. The third-order valence-corrected chi connectivity index (χ3v) is 2.16. The molecular formula is C10H22N2O. The highest BCUT2D eigenvalue weighted by atomic mass is 16.1. The lowest BCUT2D eigenvalue weighted by Gasteiger charge is -2.18. The van der Waals surface area contributed by atoms with Gasteiger partial charge in [0.25, 0.3) is 0 Å². The van der Waals surface area contributed by atoms with E-state index in [9.17, 15) is 4.79 Å². The molecular weight excluding hydrogens is 164 g/mol. The van der Waals surface area contributed by atoms with E-state index in [1.165, 1.54) is 25.9 Å². The Morgan fingerprint density at radius 3 is 2.08 bits per heavy atom. The number of hydrogen-bond donors (Lipinski definition) is 1. The van der Waals surface area contributed by atoms with Crippen molar-refractivity contribution in [2.75, 3.05) is 19.6 Å². The molecule has 1 fully saturated rings. The first kappa shape index (κ1) is 12.4. The van der Waals surface area contributed by atoms with Gasteiger partial charge in [0.2, 0.25) is 6.41 Å². The maximum absolute atomic E-state index is 9.29. The first-order chi connectivity index (χ1) is 6.22. The van der Waals surface area contributed by atoms with Crippen LogP contribution < -0.4 is 5.32 Å². The van der Waals surface area contributed by atoms with Crippen molar-refractivity contribution in [2.24, 2.45) is 0 Å². The molecule has 1 aliphatic rings. The van der Waals surface area contributed by atoms with E-state index in [0.29, 0.717) is 6.41 Å². The van der Waals surface area contributed by atoms with E-state index in [1.54, 1.807) is 0 Å². The van der Waals surface area contributed by atoms with Crippen LogP contribution in [0.15, 0.2) is 0 Å². The zero-order chi connectivity index (χ0) is 10.1. The highest BCUT2D eigenvalue weighted by molar-refractivity contribution is 5.45. The molecule has 0 saturated carbocycles. The zero-order valence-electron chi connectivity index (χ0n) is 9.05. The van der Waals surface area contributed by atoms with Gasteiger partial charge in [-0.25, -0.2) is 0 Å². The lowest BCUT2D eigenvalue weighted by atomic mass is 10.3. The molecule has 1 amide bonds. The first-order valence-electron chi connectivity index (χ1n) is 5.13. The van der Waals surface area contributed by atoms with Crippen LogP contribution in [-0.2, 0) is 4.79 Å². The Morgan fingerprint density at radius 2 is 1.92 bits per heavy atom. The summed E-state index contributed by atoms with van der Waals surface area (Å²) in [4.78, 5) is 11.8. The number of likely N-dealkylation sites (tertiary alicyclic amines) is 1. The Hall–Kier alpha value is -0.570. The van der Waals surface area contributed by atoms with Gasteiger partial charge in [-0.1, -0.05) is 0 Å². The molecule has 0 radical (unpaired) electrons. The summed E-state index contributed by atoms with van der Waals surface area (Å²) < 4.78 is 0. The molecule has 0 atom stereocenters. The van der Waals surface area contributed by atoms with Crippen molar-refractivity contribution in [1.29, 1.82) is 0 Å². The van der Waals surface area contributed by atoms with Crippen LogP contribution in [0.3, 0.4) is 0 Å². The van der Waals surface area contributed by atoms with Gasteiger partial charge < -0.3 is 10.2 Å². The smallest absolute Gasteiger partial charge is 0.207 e. The van der Waals surface area contributed by atoms with Crippen LogP contribution in [0.25, 0.3) is 0 Å². The minimum absolute atomic E-state index is 0.681. The van der Waals surface area contributed by atoms with E-state index in [0.717, 1.165) is 12.6 Å². The van der Waals surface area contributed by atoms with Crippen molar-refractivity contribution in [3.8, 4) is 0 Å². The lowest BCUT2D eigenvalue weighted by molar-refractivity contribution is -0.109. The molecule has 3 nitrogen and oxygen atoms in total. The van der Waals surface area contributed by atoms with Crippen LogP contribution in [0.1, 0.15) is 33.6 Å². The molecule has 0 spiro atoms. The number of carbonyl (C=O) groups is 1. The second-order valence-corrected chi connectivity index (χ2v) is 3.51. The summed E-state index contributed by atoms with van der Waals surface area (Å²) in [6, 6.07) is 0.775. The summed E-state index contributed by atoms with van der Waals surface area (Å²) in [5, 5.41) is 2.43. The molecule has 0 unspecified atom stereocenters. The highest BCUT2D eigenvalue weighted by Gasteiger charge is 2.13. The molecule has 0 aromatic carbocycles. The molecule has 0 aromatic heterocycles. The molecule has 0 aliphatic carbocycles. The van der Waals surface area contributed by atoms with Crippen molar-refractivity contribution < 1.29 is 4.79 Å². The molecule has 1 rings (SSSR count). The van der Waals surface area contributed by atoms with Gasteiger partial charge in [-0.15, -0.1) is 0 Å². The van der Waals surface area contributed by atoms with Crippen molar-refractivity contribution in [1.82, 2.24) is 10.2 Å². The van der Waals surface area contributed by atoms with Gasteiger partial charge in [-0.3, -0.25) is 4.79 Å². The number of rotatable bonds is 3. The monoisotopic (exact) mass is 186 g/mol. The second-order valence-electron chi connectivity index (χ2n) is 3.51. The van der Waals surface area contributed by atoms with Gasteiger partial charge in [0, 0.05) is 12.6 Å². The predicted molar refractivity (Wildman–Crippen MR) is 55.7 cm³/mol. The maximum Gasteiger partial charge on any atom is 0.207 e. The molecule has 13 heavy (non-hydrogen) atoms. The second kappa shape index (κ2) is 8.05. The van der Waals surface area contributed by atoms with Crippen molar-refractivity contribution in [3.05, 3.63) is 0 Å². The number of carbonyl (C=O) groups excluding carboxylic acids is 1. The van der Waals surface area contributed by atoms with E-state index in [4.69, 9.17) is 0 Å². The van der Waals surface area contributed by atoms with Crippen molar-refractivity contribution in [3.63, 3.8) is 0 Å². The van der Waals surface area contributed by atoms with Gasteiger partial charge in [0.1, 0.15) is 0 Å². The van der Waals surface area contributed by atoms with Crippen LogP contribution in [-0.4, -0.2) is 37.0 Å². The fraction of sp³-hybridized carbons (Fsp3) is 0.900. The quantitative estimate of drug-likeness (QED) is 0.673. The van der Waals surface area contributed by atoms with Crippen molar-refractivity contribution in [2.45, 2.75) is 39.7 Å². The lowest BCUT2D eigenvalue weighted by Crippen LogP contribution is -2.26. The number of nitrogens with zero attached hydrogens (tertiary/aromatic N) is 1. The highest BCUT2D eigenvalue weighted by Crippen LogP contribution is 2.09. The van der Waals surface area contributed by atoms with E-state index in [1.807, 2.05) is 6.92 Å². The largest absolute Gasteiger partial charge is 0.359 e. The summed E-state index contributed by atoms with van der Waals surface area (Å²) in [6.45, 7) is 9.80. The van der Waals surface area contributed by atoms with E-state index < -0.39 is 0 Å². The summed E-state index contributed by atoms with van der Waals surface area (Å²) in [6.07, 6.45) is 3.51. The fourth-order valence-electron chi connectivity index (χ4n) is 1.34. The number of hydrogen-bond acceptors (Lipinski definition) is 2. The minimum Gasteiger partial charge on any atom is -0.359 e. The molecule has 1 saturated heterocycles. The van der Waals surface area contributed by atoms with E-state index >= 15 is 0 Å².